The summed E-state index contributed by atoms with van der Waals surface area (Å²) >= 11 is 0. The molecule has 1 saturated heterocycles. The van der Waals surface area contributed by atoms with E-state index in [1.807, 2.05) is 0 Å². The second-order valence-electron chi connectivity index (χ2n) is 12.1. The van der Waals surface area contributed by atoms with Gasteiger partial charge in [0.05, 0.1) is 17.8 Å². The first kappa shape index (κ1) is 18.9. The summed E-state index contributed by atoms with van der Waals surface area (Å²) in [5.74, 6) is 4.33. The summed E-state index contributed by atoms with van der Waals surface area (Å²) in [6, 6.07) is 0. The fourth-order valence-electron chi connectivity index (χ4n) is 9.33. The lowest BCUT2D eigenvalue weighted by atomic mass is 9.43. The molecule has 27 heavy (non-hydrogen) atoms. The average molecular weight is 375 g/mol. The lowest BCUT2D eigenvalue weighted by Crippen LogP contribution is -2.56. The van der Waals surface area contributed by atoms with Gasteiger partial charge >= 0.3 is 0 Å². The van der Waals surface area contributed by atoms with Gasteiger partial charge in [-0.1, -0.05) is 27.2 Å². The van der Waals surface area contributed by atoms with Crippen LogP contribution < -0.4 is 0 Å². The third-order valence-corrected chi connectivity index (χ3v) is 10.9. The third kappa shape index (κ3) is 2.64. The molecule has 4 saturated carbocycles. The highest BCUT2D eigenvalue weighted by molar-refractivity contribution is 5.14. The monoisotopic (exact) mass is 374 g/mol. The van der Waals surface area contributed by atoms with Gasteiger partial charge in [-0.15, -0.1) is 0 Å². The van der Waals surface area contributed by atoms with Crippen LogP contribution in [-0.4, -0.2) is 22.9 Å². The number of ether oxygens (including phenoxy) is 1. The molecule has 1 N–H and O–H groups in total. The van der Waals surface area contributed by atoms with Crippen LogP contribution in [0.4, 0.5) is 0 Å². The predicted molar refractivity (Wildman–Crippen MR) is 109 cm³/mol. The van der Waals surface area contributed by atoms with Crippen molar-refractivity contribution < 1.29 is 9.84 Å². The lowest BCUT2D eigenvalue weighted by molar-refractivity contribution is -0.154. The zero-order chi connectivity index (χ0) is 19.1. The molecule has 2 heteroatoms. The number of hydrogen-bond acceptors (Lipinski definition) is 2. The Morgan fingerprint density at radius 1 is 0.889 bits per heavy atom. The molecule has 0 aromatic rings. The normalized spacial score (nSPS) is 59.7. The van der Waals surface area contributed by atoms with Gasteiger partial charge in [-0.25, -0.2) is 0 Å². The minimum Gasteiger partial charge on any atom is -0.390 e. The van der Waals surface area contributed by atoms with E-state index in [9.17, 15) is 5.11 Å². The molecule has 5 rings (SSSR count). The van der Waals surface area contributed by atoms with Gasteiger partial charge in [-0.3, -0.25) is 0 Å². The molecule has 0 radical (unpaired) electrons. The van der Waals surface area contributed by atoms with Gasteiger partial charge in [0.2, 0.25) is 0 Å². The van der Waals surface area contributed by atoms with Crippen LogP contribution in [0.2, 0.25) is 0 Å². The zero-order valence-corrected chi connectivity index (χ0v) is 18.2. The van der Waals surface area contributed by atoms with E-state index in [4.69, 9.17) is 4.74 Å². The molecule has 154 valence electrons. The Bertz CT molecular complexity index is 597. The van der Waals surface area contributed by atoms with Crippen molar-refractivity contribution in [3.05, 3.63) is 0 Å². The molecule has 0 aromatic heterocycles. The highest BCUT2D eigenvalue weighted by Gasteiger charge is 2.65. The Labute approximate surface area is 166 Å². The Morgan fingerprint density at radius 2 is 1.63 bits per heavy atom. The topological polar surface area (TPSA) is 32.8 Å². The molecule has 2 nitrogen and oxygen atoms in total. The smallest absolute Gasteiger partial charge is 0.0921 e. The van der Waals surface area contributed by atoms with Crippen LogP contribution >= 0.6 is 0 Å². The van der Waals surface area contributed by atoms with Gasteiger partial charge in [0.1, 0.15) is 0 Å². The first-order chi connectivity index (χ1) is 12.7. The van der Waals surface area contributed by atoms with Crippen molar-refractivity contribution in [2.45, 2.75) is 110 Å². The Kier molecular flexibility index (Phi) is 4.18. The number of rotatable bonds is 3. The van der Waals surface area contributed by atoms with Gasteiger partial charge in [0.25, 0.3) is 0 Å². The standard InChI is InChI=1S/C25H42O2/c1-5-11-25(26)14-13-22(2)17(15-25)6-7-18-19-8-9-21(24(4)16-27-24)23(19,3)12-10-20(18)22/h17-21,26H,5-16H2,1-4H3/t17-,18+,19+,20+,21+,22+,23+,24?,25-/m1/s1. The van der Waals surface area contributed by atoms with E-state index in [0.717, 1.165) is 61.9 Å². The van der Waals surface area contributed by atoms with E-state index in [2.05, 4.69) is 27.7 Å². The Balaban J connectivity index is 1.38. The van der Waals surface area contributed by atoms with Crippen molar-refractivity contribution in [2.75, 3.05) is 6.61 Å². The van der Waals surface area contributed by atoms with E-state index in [1.165, 1.54) is 44.9 Å². The van der Waals surface area contributed by atoms with Crippen molar-refractivity contribution in [1.29, 1.82) is 0 Å². The fourth-order valence-corrected chi connectivity index (χ4v) is 9.33. The summed E-state index contributed by atoms with van der Waals surface area (Å²) in [4.78, 5) is 0. The molecule has 1 heterocycles. The van der Waals surface area contributed by atoms with Crippen molar-refractivity contribution in [3.63, 3.8) is 0 Å². The van der Waals surface area contributed by atoms with Gasteiger partial charge < -0.3 is 9.84 Å². The van der Waals surface area contributed by atoms with E-state index in [0.29, 0.717) is 10.8 Å². The van der Waals surface area contributed by atoms with Gasteiger partial charge in [0.15, 0.2) is 0 Å². The predicted octanol–water partition coefficient (Wildman–Crippen LogP) is 5.97. The van der Waals surface area contributed by atoms with Crippen LogP contribution in [0.5, 0.6) is 0 Å². The number of epoxide rings is 1. The molecular weight excluding hydrogens is 332 g/mol. The van der Waals surface area contributed by atoms with Crippen molar-refractivity contribution in [1.82, 2.24) is 0 Å². The molecule has 1 aliphatic heterocycles. The van der Waals surface area contributed by atoms with E-state index < -0.39 is 0 Å². The number of aliphatic hydroxyl groups is 1. The summed E-state index contributed by atoms with van der Waals surface area (Å²) < 4.78 is 5.95. The minimum absolute atomic E-state index is 0.207. The van der Waals surface area contributed by atoms with Crippen LogP contribution in [0.25, 0.3) is 0 Å². The molecule has 0 amide bonds. The lowest BCUT2D eigenvalue weighted by Gasteiger charge is -2.62. The maximum Gasteiger partial charge on any atom is 0.0921 e. The molecule has 9 atom stereocenters. The Morgan fingerprint density at radius 3 is 2.33 bits per heavy atom. The highest BCUT2D eigenvalue weighted by atomic mass is 16.6. The highest BCUT2D eigenvalue weighted by Crippen LogP contribution is 2.70. The largest absolute Gasteiger partial charge is 0.390 e. The summed E-state index contributed by atoms with van der Waals surface area (Å²) in [6.45, 7) is 10.9. The molecule has 0 spiro atoms. The summed E-state index contributed by atoms with van der Waals surface area (Å²) in [5, 5.41) is 11.1. The van der Waals surface area contributed by atoms with Gasteiger partial charge in [-0.2, -0.15) is 0 Å². The molecule has 5 fully saturated rings. The Hall–Kier alpha value is -0.0800. The number of hydrogen-bond donors (Lipinski definition) is 1. The van der Waals surface area contributed by atoms with Crippen molar-refractivity contribution >= 4 is 0 Å². The first-order valence-corrected chi connectivity index (χ1v) is 12.1. The molecule has 5 aliphatic rings. The second kappa shape index (κ2) is 5.97. The van der Waals surface area contributed by atoms with Crippen LogP contribution in [0.1, 0.15) is 98.3 Å². The fraction of sp³-hybridized carbons (Fsp3) is 1.00. The molecular formula is C25H42O2. The van der Waals surface area contributed by atoms with E-state index >= 15 is 0 Å². The molecule has 0 aromatic carbocycles. The molecule has 1 unspecified atom stereocenters. The van der Waals surface area contributed by atoms with Crippen molar-refractivity contribution in [3.8, 4) is 0 Å². The minimum atomic E-state index is -0.356. The summed E-state index contributed by atoms with van der Waals surface area (Å²) in [7, 11) is 0. The van der Waals surface area contributed by atoms with Crippen LogP contribution in [0, 0.1) is 40.4 Å². The maximum atomic E-state index is 11.1. The van der Waals surface area contributed by atoms with Crippen LogP contribution in [0.3, 0.4) is 0 Å². The van der Waals surface area contributed by atoms with E-state index in [1.54, 1.807) is 0 Å². The van der Waals surface area contributed by atoms with E-state index in [-0.39, 0.29) is 11.2 Å². The second-order valence-corrected chi connectivity index (χ2v) is 12.1. The molecule has 0 bridgehead atoms. The maximum absolute atomic E-state index is 11.1. The van der Waals surface area contributed by atoms with Crippen LogP contribution in [-0.2, 0) is 4.74 Å². The van der Waals surface area contributed by atoms with Crippen LogP contribution in [0.15, 0.2) is 0 Å². The number of fused-ring (bicyclic) bond motifs is 5. The quantitative estimate of drug-likeness (QED) is 0.618. The summed E-state index contributed by atoms with van der Waals surface area (Å²) in [5.41, 5.74) is 0.861. The third-order valence-electron chi connectivity index (χ3n) is 10.9. The molecule has 4 aliphatic carbocycles. The summed E-state index contributed by atoms with van der Waals surface area (Å²) in [6.07, 6.45) is 14.0. The SMILES string of the molecule is CCC[C@@]1(O)CC[C@@]2(C)[C@H](CC[C@@H]3[C@@H]2CC[C@]2(C)[C@@H](C4(C)CO4)CC[C@@H]32)C1. The zero-order valence-electron chi connectivity index (χ0n) is 18.2. The van der Waals surface area contributed by atoms with Crippen molar-refractivity contribution in [2.24, 2.45) is 40.4 Å². The van der Waals surface area contributed by atoms with Gasteiger partial charge in [0, 0.05) is 0 Å². The van der Waals surface area contributed by atoms with Gasteiger partial charge in [-0.05, 0) is 112 Å². The average Bonchev–Trinajstić information content (AvgIpc) is 3.24. The first-order valence-electron chi connectivity index (χ1n) is 12.1.